The third-order valence-electron chi connectivity index (χ3n) is 5.88. The molecule has 1 saturated heterocycles. The molecule has 5 nitrogen and oxygen atoms in total. The zero-order valence-corrected chi connectivity index (χ0v) is 18.4. The molecule has 0 radical (unpaired) electrons. The van der Waals surface area contributed by atoms with E-state index in [2.05, 4.69) is 41.4 Å². The average molecular weight is 411 g/mol. The highest BCUT2D eigenvalue weighted by molar-refractivity contribution is 5.75. The number of likely N-dealkylation sites (tertiary alicyclic amines) is 1. The Kier molecular flexibility index (Phi) is 8.14. The van der Waals surface area contributed by atoms with Gasteiger partial charge < -0.3 is 14.8 Å². The third-order valence-corrected chi connectivity index (χ3v) is 5.88. The molecule has 2 aromatic rings. The number of methoxy groups -OCH3 is 2. The maximum atomic E-state index is 12.4. The summed E-state index contributed by atoms with van der Waals surface area (Å²) in [4.78, 5) is 14.9. The van der Waals surface area contributed by atoms with E-state index in [4.69, 9.17) is 9.47 Å². The number of aryl methyl sites for hydroxylation is 1. The Morgan fingerprint density at radius 2 is 1.93 bits per heavy atom. The van der Waals surface area contributed by atoms with Crippen molar-refractivity contribution in [1.82, 2.24) is 10.2 Å². The van der Waals surface area contributed by atoms with Crippen LogP contribution in [0.4, 0.5) is 0 Å². The second-order valence-electron chi connectivity index (χ2n) is 8.22. The molecule has 0 unspecified atom stereocenters. The molecule has 1 amide bonds. The van der Waals surface area contributed by atoms with Gasteiger partial charge in [0.25, 0.3) is 0 Å². The maximum absolute atomic E-state index is 12.4. The molecule has 0 aliphatic carbocycles. The summed E-state index contributed by atoms with van der Waals surface area (Å²) in [6.07, 6.45) is 3.93. The van der Waals surface area contributed by atoms with Gasteiger partial charge in [-0.1, -0.05) is 29.8 Å². The summed E-state index contributed by atoms with van der Waals surface area (Å²) in [6, 6.07) is 14.5. The van der Waals surface area contributed by atoms with Gasteiger partial charge in [-0.3, -0.25) is 9.69 Å². The first kappa shape index (κ1) is 22.2. The molecule has 1 fully saturated rings. The molecule has 162 valence electrons. The van der Waals surface area contributed by atoms with E-state index in [0.29, 0.717) is 18.9 Å². The van der Waals surface area contributed by atoms with Crippen molar-refractivity contribution in [3.05, 3.63) is 59.2 Å². The Labute approximate surface area is 180 Å². The van der Waals surface area contributed by atoms with Crippen LogP contribution in [-0.2, 0) is 17.9 Å². The molecule has 0 bridgehead atoms. The molecule has 1 aliphatic heterocycles. The van der Waals surface area contributed by atoms with Crippen LogP contribution in [0.1, 0.15) is 42.4 Å². The van der Waals surface area contributed by atoms with E-state index in [-0.39, 0.29) is 5.91 Å². The van der Waals surface area contributed by atoms with Crippen LogP contribution in [0.15, 0.2) is 42.5 Å². The highest BCUT2D eigenvalue weighted by atomic mass is 16.5. The summed E-state index contributed by atoms with van der Waals surface area (Å²) >= 11 is 0. The highest BCUT2D eigenvalue weighted by Gasteiger charge is 2.20. The lowest BCUT2D eigenvalue weighted by molar-refractivity contribution is -0.121. The average Bonchev–Trinajstić information content (AvgIpc) is 2.78. The number of carbonyl (C=O) groups excluding carboxylic acids is 1. The Bertz CT molecular complexity index is 820. The number of benzene rings is 2. The molecule has 1 aliphatic rings. The van der Waals surface area contributed by atoms with Crippen molar-refractivity contribution in [3.63, 3.8) is 0 Å². The molecule has 0 saturated carbocycles. The molecule has 2 aromatic carbocycles. The van der Waals surface area contributed by atoms with Gasteiger partial charge in [-0.05, 0) is 56.3 Å². The number of hydrogen-bond donors (Lipinski definition) is 1. The normalized spacial score (nSPS) is 16.8. The van der Waals surface area contributed by atoms with Crippen LogP contribution in [0.2, 0.25) is 0 Å². The predicted molar refractivity (Wildman–Crippen MR) is 120 cm³/mol. The van der Waals surface area contributed by atoms with Gasteiger partial charge in [0.05, 0.1) is 14.2 Å². The molecule has 30 heavy (non-hydrogen) atoms. The smallest absolute Gasteiger partial charge is 0.220 e. The van der Waals surface area contributed by atoms with Gasteiger partial charge in [0.1, 0.15) is 11.5 Å². The first-order chi connectivity index (χ1) is 14.6. The van der Waals surface area contributed by atoms with Crippen LogP contribution in [0.5, 0.6) is 11.5 Å². The van der Waals surface area contributed by atoms with Crippen LogP contribution >= 0.6 is 0 Å². The number of ether oxygens (including phenoxy) is 2. The lowest BCUT2D eigenvalue weighted by Crippen LogP contribution is -2.35. The number of nitrogens with one attached hydrogen (secondary N) is 1. The molecular formula is C25H34N2O3. The molecule has 5 heteroatoms. The largest absolute Gasteiger partial charge is 0.497 e. The van der Waals surface area contributed by atoms with E-state index in [1.54, 1.807) is 14.2 Å². The van der Waals surface area contributed by atoms with Crippen molar-refractivity contribution in [1.29, 1.82) is 0 Å². The van der Waals surface area contributed by atoms with Gasteiger partial charge in [-0.15, -0.1) is 0 Å². The monoisotopic (exact) mass is 410 g/mol. The fraction of sp³-hybridized carbons (Fsp3) is 0.480. The summed E-state index contributed by atoms with van der Waals surface area (Å²) in [5, 5.41) is 3.03. The van der Waals surface area contributed by atoms with Gasteiger partial charge in [0.2, 0.25) is 5.91 Å². The number of amides is 1. The third kappa shape index (κ3) is 6.49. The highest BCUT2D eigenvalue weighted by Crippen LogP contribution is 2.25. The number of hydrogen-bond acceptors (Lipinski definition) is 4. The van der Waals surface area contributed by atoms with Gasteiger partial charge in [-0.2, -0.15) is 0 Å². The second-order valence-corrected chi connectivity index (χ2v) is 8.22. The predicted octanol–water partition coefficient (Wildman–Crippen LogP) is 4.32. The summed E-state index contributed by atoms with van der Waals surface area (Å²) in [7, 11) is 3.26. The van der Waals surface area contributed by atoms with Crippen LogP contribution in [-0.4, -0.2) is 38.1 Å². The van der Waals surface area contributed by atoms with Gasteiger partial charge in [0.15, 0.2) is 0 Å². The van der Waals surface area contributed by atoms with E-state index in [1.165, 1.54) is 24.0 Å². The Hall–Kier alpha value is -2.53. The summed E-state index contributed by atoms with van der Waals surface area (Å²) in [5.74, 6) is 2.16. The van der Waals surface area contributed by atoms with Crippen LogP contribution in [0.3, 0.4) is 0 Å². The lowest BCUT2D eigenvalue weighted by atomic mass is 9.93. The summed E-state index contributed by atoms with van der Waals surface area (Å²) < 4.78 is 10.6. The van der Waals surface area contributed by atoms with Crippen molar-refractivity contribution in [2.75, 3.05) is 27.3 Å². The Morgan fingerprint density at radius 1 is 1.13 bits per heavy atom. The van der Waals surface area contributed by atoms with Crippen molar-refractivity contribution >= 4 is 5.91 Å². The molecule has 1 heterocycles. The fourth-order valence-corrected chi connectivity index (χ4v) is 4.10. The minimum Gasteiger partial charge on any atom is -0.497 e. The molecule has 3 rings (SSSR count). The van der Waals surface area contributed by atoms with E-state index in [0.717, 1.165) is 43.1 Å². The zero-order valence-electron chi connectivity index (χ0n) is 18.4. The lowest BCUT2D eigenvalue weighted by Gasteiger charge is -2.32. The van der Waals surface area contributed by atoms with Crippen molar-refractivity contribution < 1.29 is 14.3 Å². The quantitative estimate of drug-likeness (QED) is 0.669. The number of piperidine rings is 1. The summed E-state index contributed by atoms with van der Waals surface area (Å²) in [6.45, 7) is 5.81. The van der Waals surface area contributed by atoms with E-state index in [9.17, 15) is 4.79 Å². The minimum absolute atomic E-state index is 0.100. The molecule has 0 aromatic heterocycles. The van der Waals surface area contributed by atoms with E-state index >= 15 is 0 Å². The molecular weight excluding hydrogens is 376 g/mol. The number of rotatable bonds is 9. The number of nitrogens with zero attached hydrogens (tertiary/aromatic N) is 1. The first-order valence-corrected chi connectivity index (χ1v) is 10.8. The number of carbonyl (C=O) groups is 1. The Morgan fingerprint density at radius 3 is 2.67 bits per heavy atom. The SMILES string of the molecule is COc1ccc(CNC(=O)CC[C@@H]2CCCN(Cc3ccc(C)cc3)C2)c(OC)c1. The van der Waals surface area contributed by atoms with Crippen LogP contribution in [0.25, 0.3) is 0 Å². The first-order valence-electron chi connectivity index (χ1n) is 10.8. The van der Waals surface area contributed by atoms with Crippen LogP contribution in [0, 0.1) is 12.8 Å². The zero-order chi connectivity index (χ0) is 21.3. The molecule has 1 atom stereocenters. The van der Waals surface area contributed by atoms with E-state index < -0.39 is 0 Å². The van der Waals surface area contributed by atoms with Crippen LogP contribution < -0.4 is 14.8 Å². The minimum atomic E-state index is 0.100. The van der Waals surface area contributed by atoms with Gasteiger partial charge in [-0.25, -0.2) is 0 Å². The summed E-state index contributed by atoms with van der Waals surface area (Å²) in [5.41, 5.74) is 3.62. The fourth-order valence-electron chi connectivity index (χ4n) is 4.10. The van der Waals surface area contributed by atoms with Crippen molar-refractivity contribution in [2.45, 2.75) is 45.7 Å². The topological polar surface area (TPSA) is 50.8 Å². The van der Waals surface area contributed by atoms with Crippen molar-refractivity contribution in [2.24, 2.45) is 5.92 Å². The van der Waals surface area contributed by atoms with Gasteiger partial charge in [0, 0.05) is 37.7 Å². The van der Waals surface area contributed by atoms with E-state index in [1.807, 2.05) is 18.2 Å². The second kappa shape index (κ2) is 11.0. The molecule has 1 N–H and O–H groups in total. The maximum Gasteiger partial charge on any atom is 0.220 e. The van der Waals surface area contributed by atoms with Gasteiger partial charge >= 0.3 is 0 Å². The van der Waals surface area contributed by atoms with Crippen molar-refractivity contribution in [3.8, 4) is 11.5 Å². The Balaban J connectivity index is 1.42. The molecule has 0 spiro atoms. The standard InChI is InChI=1S/C25H34N2O3/c1-19-6-8-21(9-7-19)18-27-14-4-5-20(17-27)10-13-25(28)26-16-22-11-12-23(29-2)15-24(22)30-3/h6-9,11-12,15,20H,4-5,10,13-14,16-18H2,1-3H3,(H,26,28)/t20-/m0/s1.